The van der Waals surface area contributed by atoms with E-state index in [0.717, 1.165) is 25.3 Å². The summed E-state index contributed by atoms with van der Waals surface area (Å²) in [5.74, 6) is 1.10. The number of nitrogens with one attached hydrogen (secondary N) is 1. The lowest BCUT2D eigenvalue weighted by atomic mass is 10.4. The van der Waals surface area contributed by atoms with Crippen LogP contribution >= 0.6 is 0 Å². The second kappa shape index (κ2) is 10.9. The van der Waals surface area contributed by atoms with Crippen LogP contribution in [0.3, 0.4) is 0 Å². The molecule has 0 spiro atoms. The third kappa shape index (κ3) is 7.94. The summed E-state index contributed by atoms with van der Waals surface area (Å²) in [6.45, 7) is 4.98. The molecule has 1 heterocycles. The Balaban J connectivity index is 1.80. The molecule has 0 bridgehead atoms. The number of hydrogen-bond acceptors (Lipinski definition) is 5. The van der Waals surface area contributed by atoms with Gasteiger partial charge >= 0.3 is 0 Å². The predicted octanol–water partition coefficient (Wildman–Crippen LogP) is 0.232. The highest BCUT2D eigenvalue weighted by molar-refractivity contribution is 4.91. The van der Waals surface area contributed by atoms with E-state index in [9.17, 15) is 0 Å². The normalized spacial score (nSPS) is 11.1. The first-order valence-electron chi connectivity index (χ1n) is 6.66. The van der Waals surface area contributed by atoms with Crippen molar-refractivity contribution in [3.8, 4) is 0 Å². The molecule has 19 heavy (non-hydrogen) atoms. The fraction of sp³-hybridized carbons (Fsp3) is 0.769. The molecule has 0 aliphatic heterocycles. The van der Waals surface area contributed by atoms with Crippen molar-refractivity contribution in [1.82, 2.24) is 14.9 Å². The van der Waals surface area contributed by atoms with Crippen molar-refractivity contribution in [2.24, 2.45) is 7.05 Å². The standard InChI is InChI=1S/C13H25N3O3/c1-16-7-5-15-13(16)3-4-14-6-8-18-11-12-19-10-9-17-2/h5,7,14H,3-4,6,8-12H2,1-2H3. The Labute approximate surface area is 115 Å². The molecule has 6 heteroatoms. The van der Waals surface area contributed by atoms with E-state index >= 15 is 0 Å². The maximum Gasteiger partial charge on any atom is 0.109 e. The number of rotatable bonds is 12. The fourth-order valence-corrected chi connectivity index (χ4v) is 1.57. The number of aromatic nitrogens is 2. The number of aryl methyl sites for hydroxylation is 1. The van der Waals surface area contributed by atoms with Gasteiger partial charge in [-0.1, -0.05) is 0 Å². The number of hydrogen-bond donors (Lipinski definition) is 1. The van der Waals surface area contributed by atoms with E-state index in [1.54, 1.807) is 7.11 Å². The molecule has 0 saturated heterocycles. The molecule has 0 fully saturated rings. The molecule has 1 rings (SSSR count). The van der Waals surface area contributed by atoms with Crippen molar-refractivity contribution in [2.45, 2.75) is 6.42 Å². The minimum atomic E-state index is 0.622. The summed E-state index contributed by atoms with van der Waals surface area (Å²) in [4.78, 5) is 4.26. The van der Waals surface area contributed by atoms with E-state index in [4.69, 9.17) is 14.2 Å². The van der Waals surface area contributed by atoms with Gasteiger partial charge in [0.2, 0.25) is 0 Å². The van der Waals surface area contributed by atoms with Crippen molar-refractivity contribution in [3.05, 3.63) is 18.2 Å². The third-order valence-electron chi connectivity index (χ3n) is 2.67. The van der Waals surface area contributed by atoms with E-state index in [1.165, 1.54) is 0 Å². The smallest absolute Gasteiger partial charge is 0.109 e. The lowest BCUT2D eigenvalue weighted by Crippen LogP contribution is -2.23. The SMILES string of the molecule is COCCOCCOCCNCCc1nccn1C. The van der Waals surface area contributed by atoms with E-state index < -0.39 is 0 Å². The lowest BCUT2D eigenvalue weighted by molar-refractivity contribution is 0.0256. The molecule has 0 aromatic carbocycles. The maximum absolute atomic E-state index is 5.43. The highest BCUT2D eigenvalue weighted by Crippen LogP contribution is 1.93. The molecular formula is C13H25N3O3. The van der Waals surface area contributed by atoms with Crippen molar-refractivity contribution in [3.63, 3.8) is 0 Å². The van der Waals surface area contributed by atoms with Crippen molar-refractivity contribution in [2.75, 3.05) is 53.2 Å². The minimum absolute atomic E-state index is 0.622. The highest BCUT2D eigenvalue weighted by atomic mass is 16.5. The first-order chi connectivity index (χ1) is 9.34. The maximum atomic E-state index is 5.43. The van der Waals surface area contributed by atoms with Gasteiger partial charge in [-0.15, -0.1) is 0 Å². The topological polar surface area (TPSA) is 57.5 Å². The Bertz CT molecular complexity index is 318. The van der Waals surface area contributed by atoms with Crippen LogP contribution in [0.25, 0.3) is 0 Å². The summed E-state index contributed by atoms with van der Waals surface area (Å²) in [7, 11) is 3.67. The number of ether oxygens (including phenoxy) is 3. The Hall–Kier alpha value is -0.950. The molecule has 0 radical (unpaired) electrons. The largest absolute Gasteiger partial charge is 0.382 e. The average Bonchev–Trinajstić information content (AvgIpc) is 2.82. The van der Waals surface area contributed by atoms with Gasteiger partial charge in [0.05, 0.1) is 33.0 Å². The Kier molecular flexibility index (Phi) is 9.26. The summed E-state index contributed by atoms with van der Waals surface area (Å²) in [5, 5.41) is 3.32. The zero-order valence-corrected chi connectivity index (χ0v) is 11.9. The van der Waals surface area contributed by atoms with Crippen LogP contribution in [0.5, 0.6) is 0 Å². The van der Waals surface area contributed by atoms with Crippen LogP contribution in [0.2, 0.25) is 0 Å². The van der Waals surface area contributed by atoms with Crippen LogP contribution in [0.4, 0.5) is 0 Å². The monoisotopic (exact) mass is 271 g/mol. The van der Waals surface area contributed by atoms with Crippen molar-refractivity contribution >= 4 is 0 Å². The second-order valence-corrected chi connectivity index (χ2v) is 4.17. The Morgan fingerprint density at radius 1 is 1.11 bits per heavy atom. The van der Waals surface area contributed by atoms with Crippen LogP contribution in [-0.2, 0) is 27.7 Å². The molecule has 6 nitrogen and oxygen atoms in total. The summed E-state index contributed by atoms with van der Waals surface area (Å²) in [6.07, 6.45) is 4.72. The quantitative estimate of drug-likeness (QED) is 0.552. The van der Waals surface area contributed by atoms with E-state index in [2.05, 4.69) is 10.3 Å². The Morgan fingerprint density at radius 3 is 2.53 bits per heavy atom. The molecule has 0 aliphatic carbocycles. The fourth-order valence-electron chi connectivity index (χ4n) is 1.57. The van der Waals surface area contributed by atoms with E-state index in [-0.39, 0.29) is 0 Å². The van der Waals surface area contributed by atoms with Gasteiger partial charge in [-0.25, -0.2) is 4.98 Å². The summed E-state index contributed by atoms with van der Waals surface area (Å²) < 4.78 is 17.6. The van der Waals surface area contributed by atoms with Gasteiger partial charge in [-0.3, -0.25) is 0 Å². The summed E-state index contributed by atoms with van der Waals surface area (Å²) in [5.41, 5.74) is 0. The van der Waals surface area contributed by atoms with E-state index in [0.29, 0.717) is 33.0 Å². The zero-order chi connectivity index (χ0) is 13.8. The average molecular weight is 271 g/mol. The van der Waals surface area contributed by atoms with Gasteiger partial charge in [0.15, 0.2) is 0 Å². The van der Waals surface area contributed by atoms with Gasteiger partial charge in [0.1, 0.15) is 5.82 Å². The third-order valence-corrected chi connectivity index (χ3v) is 2.67. The van der Waals surface area contributed by atoms with Crippen LogP contribution in [0.1, 0.15) is 5.82 Å². The molecule has 0 unspecified atom stereocenters. The molecule has 0 saturated carbocycles. The lowest BCUT2D eigenvalue weighted by Gasteiger charge is -2.07. The van der Waals surface area contributed by atoms with Gasteiger partial charge in [-0.2, -0.15) is 0 Å². The molecule has 0 amide bonds. The first-order valence-corrected chi connectivity index (χ1v) is 6.66. The summed E-state index contributed by atoms with van der Waals surface area (Å²) in [6, 6.07) is 0. The van der Waals surface area contributed by atoms with Crippen LogP contribution in [0.15, 0.2) is 12.4 Å². The van der Waals surface area contributed by atoms with Gasteiger partial charge in [0, 0.05) is 46.1 Å². The van der Waals surface area contributed by atoms with Crippen LogP contribution in [0, 0.1) is 0 Å². The predicted molar refractivity (Wildman–Crippen MR) is 73.3 cm³/mol. The van der Waals surface area contributed by atoms with Gasteiger partial charge in [-0.05, 0) is 0 Å². The van der Waals surface area contributed by atoms with Crippen molar-refractivity contribution < 1.29 is 14.2 Å². The first kappa shape index (κ1) is 16.1. The second-order valence-electron chi connectivity index (χ2n) is 4.17. The number of nitrogens with zero attached hydrogens (tertiary/aromatic N) is 2. The van der Waals surface area contributed by atoms with Gasteiger partial charge < -0.3 is 24.1 Å². The molecule has 0 atom stereocenters. The molecule has 1 aromatic rings. The highest BCUT2D eigenvalue weighted by Gasteiger charge is 1.97. The Morgan fingerprint density at radius 2 is 1.84 bits per heavy atom. The van der Waals surface area contributed by atoms with Crippen LogP contribution in [-0.4, -0.2) is 62.8 Å². The molecular weight excluding hydrogens is 246 g/mol. The number of methoxy groups -OCH3 is 1. The molecule has 1 N–H and O–H groups in total. The van der Waals surface area contributed by atoms with Crippen molar-refractivity contribution in [1.29, 1.82) is 0 Å². The molecule has 110 valence electrons. The zero-order valence-electron chi connectivity index (χ0n) is 11.9. The summed E-state index contributed by atoms with van der Waals surface area (Å²) >= 11 is 0. The van der Waals surface area contributed by atoms with E-state index in [1.807, 2.05) is 24.0 Å². The minimum Gasteiger partial charge on any atom is -0.382 e. The number of imidazole rings is 1. The molecule has 0 aliphatic rings. The van der Waals surface area contributed by atoms with Gasteiger partial charge in [0.25, 0.3) is 0 Å². The molecule has 1 aromatic heterocycles. The van der Waals surface area contributed by atoms with Crippen LogP contribution < -0.4 is 5.32 Å².